The van der Waals surface area contributed by atoms with E-state index in [1.54, 1.807) is 13.8 Å². The summed E-state index contributed by atoms with van der Waals surface area (Å²) in [5.41, 5.74) is 10.9. The fourth-order valence-electron chi connectivity index (χ4n) is 2.24. The third kappa shape index (κ3) is 23.2. The van der Waals surface area contributed by atoms with Crippen molar-refractivity contribution < 1.29 is 65.4 Å². The van der Waals surface area contributed by atoms with Gasteiger partial charge in [-0.05, 0) is 129 Å². The molecular formula is C26H28Fe2N6O2Pt+4. The van der Waals surface area contributed by atoms with Crippen molar-refractivity contribution in [1.29, 1.82) is 0 Å². The van der Waals surface area contributed by atoms with Gasteiger partial charge in [0.25, 0.3) is 0 Å². The molecule has 196 valence electrons. The van der Waals surface area contributed by atoms with Crippen molar-refractivity contribution in [2.45, 2.75) is 13.8 Å². The van der Waals surface area contributed by atoms with Crippen LogP contribution in [0.2, 0.25) is 0 Å². The number of nitrogens with two attached hydrogens (primary N) is 2. The maximum atomic E-state index is 10.2. The smallest absolute Gasteiger partial charge is 0.845 e. The summed E-state index contributed by atoms with van der Waals surface area (Å²) in [5, 5.41) is 34.1. The molecule has 0 aromatic rings. The zero-order valence-corrected chi connectivity index (χ0v) is 24.7. The summed E-state index contributed by atoms with van der Waals surface area (Å²) in [6.45, 7) is 3.53. The summed E-state index contributed by atoms with van der Waals surface area (Å²) in [6.07, 6.45) is 35.1. The van der Waals surface area contributed by atoms with Crippen LogP contribution in [-0.2, 0) is 55.2 Å². The van der Waals surface area contributed by atoms with E-state index in [1.807, 2.05) is 116 Å². The Labute approximate surface area is 260 Å². The Morgan fingerprint density at radius 1 is 0.486 bits per heavy atom. The van der Waals surface area contributed by atoms with Crippen LogP contribution in [0.1, 0.15) is 13.8 Å². The molecule has 0 aromatic heterocycles. The quantitative estimate of drug-likeness (QED) is 0.190. The van der Waals surface area contributed by atoms with Crippen molar-refractivity contribution in [2.24, 2.45) is 31.9 Å². The number of nitrogens with zero attached hydrogens (tertiary/aromatic N) is 4. The Hall–Kier alpha value is -0.393. The van der Waals surface area contributed by atoms with Crippen LogP contribution >= 0.6 is 0 Å². The van der Waals surface area contributed by atoms with Gasteiger partial charge in [0, 0.05) is 23.3 Å². The Bertz CT molecular complexity index is 578. The molecule has 4 saturated carbocycles. The molecule has 0 saturated heterocycles. The third-order valence-electron chi connectivity index (χ3n) is 3.87. The molecule has 0 aromatic carbocycles. The normalized spacial score (nSPS) is 20.6. The average Bonchev–Trinajstić information content (AvgIpc) is 3.65. The van der Waals surface area contributed by atoms with E-state index in [2.05, 4.69) is 20.4 Å². The van der Waals surface area contributed by atoms with E-state index in [-0.39, 0.29) is 55.2 Å². The molecule has 0 atom stereocenters. The molecule has 0 bridgehead atoms. The number of hydrogen-bond donors (Lipinski definition) is 2. The molecule has 0 aliphatic heterocycles. The summed E-state index contributed by atoms with van der Waals surface area (Å²) in [6, 6.07) is -1.55. The second-order valence-electron chi connectivity index (χ2n) is 6.52. The zero-order valence-electron chi connectivity index (χ0n) is 20.2. The summed E-state index contributed by atoms with van der Waals surface area (Å²) in [7, 11) is 0. The zero-order chi connectivity index (χ0) is 25.0. The second kappa shape index (κ2) is 27.2. The minimum Gasteiger partial charge on any atom is -0.845 e. The van der Waals surface area contributed by atoms with Gasteiger partial charge in [-0.25, -0.2) is 0 Å². The standard InChI is InChI=1S/2C8H10N3O.2C5H5.2Fe.Pt/c2*1-6(10-11-8(9)12)7-4-2-3-5-7;2*1-2-4-5-3-1;;;/h2*2-5H,1H3,(H3,9,11,12);2*1-5H;;;/q;;;;3*+2/p-2/b2*10-6-;;;;;. The Morgan fingerprint density at radius 2 is 0.703 bits per heavy atom. The van der Waals surface area contributed by atoms with E-state index in [1.165, 1.54) is 0 Å². The molecule has 4 rings (SSSR count). The van der Waals surface area contributed by atoms with Crippen molar-refractivity contribution in [2.75, 3.05) is 0 Å². The molecule has 8 nitrogen and oxygen atoms in total. The van der Waals surface area contributed by atoms with Crippen molar-refractivity contribution >= 4 is 23.5 Å². The van der Waals surface area contributed by atoms with Crippen LogP contribution in [0.25, 0.3) is 0 Å². The van der Waals surface area contributed by atoms with Crippen molar-refractivity contribution in [3.05, 3.63) is 127 Å². The molecule has 11 heteroatoms. The SMILES string of the molecule is C/C(=N/N=C(/N)[O-])[C]1[CH][CH][CH][CH]1.C/C(=N/N=C(/N)[O-])[C]1[CH][CH][CH][CH]1.[CH]1[CH][CH][CH][CH]1.[CH]1[CH][CH][CH][CH]1.[Fe+2].[Fe+2].[Pt+2]. The number of hydrogen-bond acceptors (Lipinski definition) is 6. The van der Waals surface area contributed by atoms with Gasteiger partial charge in [-0.3, -0.25) is 0 Å². The van der Waals surface area contributed by atoms with Crippen LogP contribution in [0.4, 0.5) is 0 Å². The van der Waals surface area contributed by atoms with Crippen LogP contribution in [0, 0.1) is 127 Å². The predicted octanol–water partition coefficient (Wildman–Crippen LogP) is 0.921. The molecule has 4 aliphatic rings. The first-order chi connectivity index (χ1) is 16.4. The van der Waals surface area contributed by atoms with E-state index in [0.29, 0.717) is 11.4 Å². The fraction of sp³-hybridized carbons (Fsp3) is 0.0769. The molecular weight excluding hydrogens is 735 g/mol. The first-order valence-electron chi connectivity index (χ1n) is 10.3. The van der Waals surface area contributed by atoms with Gasteiger partial charge < -0.3 is 21.7 Å². The van der Waals surface area contributed by atoms with Gasteiger partial charge in [0.2, 0.25) is 0 Å². The topological polar surface area (TPSA) is 148 Å². The van der Waals surface area contributed by atoms with Crippen molar-refractivity contribution in [3.8, 4) is 0 Å². The molecule has 0 amide bonds. The third-order valence-corrected chi connectivity index (χ3v) is 3.87. The van der Waals surface area contributed by atoms with Gasteiger partial charge in [-0.15, -0.1) is 10.2 Å². The minimum absolute atomic E-state index is 0. The second-order valence-corrected chi connectivity index (χ2v) is 6.52. The Morgan fingerprint density at radius 3 is 0.892 bits per heavy atom. The monoisotopic (exact) mass is 763 g/mol. The van der Waals surface area contributed by atoms with Gasteiger partial charge in [0.1, 0.15) is 0 Å². The van der Waals surface area contributed by atoms with Crippen LogP contribution in [0.5, 0.6) is 0 Å². The Kier molecular flexibility index (Phi) is 30.2. The van der Waals surface area contributed by atoms with Crippen LogP contribution in [-0.4, -0.2) is 23.5 Å². The van der Waals surface area contributed by atoms with Crippen LogP contribution in [0.15, 0.2) is 20.4 Å². The van der Waals surface area contributed by atoms with Gasteiger partial charge in [-0.2, -0.15) is 10.2 Å². The van der Waals surface area contributed by atoms with Crippen LogP contribution in [0.3, 0.4) is 0 Å². The van der Waals surface area contributed by atoms with Crippen LogP contribution < -0.4 is 21.7 Å². The Balaban J connectivity index is -0.000000433. The maximum Gasteiger partial charge on any atom is 2.00 e. The van der Waals surface area contributed by atoms with E-state index in [0.717, 1.165) is 11.8 Å². The molecule has 4 fully saturated rings. The maximum absolute atomic E-state index is 10.2. The average molecular weight is 763 g/mol. The summed E-state index contributed by atoms with van der Waals surface area (Å²) in [4.78, 5) is 0. The van der Waals surface area contributed by atoms with E-state index < -0.39 is 12.0 Å². The van der Waals surface area contributed by atoms with Crippen molar-refractivity contribution in [1.82, 2.24) is 0 Å². The molecule has 4 N–H and O–H groups in total. The summed E-state index contributed by atoms with van der Waals surface area (Å²) in [5.74, 6) is 1.89. The largest absolute Gasteiger partial charge is 2.00 e. The predicted molar refractivity (Wildman–Crippen MR) is 133 cm³/mol. The molecule has 0 unspecified atom stereocenters. The molecule has 0 heterocycles. The van der Waals surface area contributed by atoms with Gasteiger partial charge in [0.15, 0.2) is 0 Å². The summed E-state index contributed by atoms with van der Waals surface area (Å²) < 4.78 is 0. The van der Waals surface area contributed by atoms with Crippen molar-refractivity contribution in [3.63, 3.8) is 0 Å². The molecule has 0 spiro atoms. The van der Waals surface area contributed by atoms with Gasteiger partial charge in [0.05, 0.1) is 12.0 Å². The van der Waals surface area contributed by atoms with E-state index >= 15 is 0 Å². The van der Waals surface area contributed by atoms with Gasteiger partial charge in [-0.1, -0.05) is 0 Å². The fourth-order valence-corrected chi connectivity index (χ4v) is 2.24. The first-order valence-corrected chi connectivity index (χ1v) is 10.3. The molecule has 20 radical (unpaired) electrons. The van der Waals surface area contributed by atoms with E-state index in [4.69, 9.17) is 11.5 Å². The van der Waals surface area contributed by atoms with Gasteiger partial charge >= 0.3 is 55.2 Å². The first kappa shape index (κ1) is 41.1. The number of amidine groups is 2. The number of rotatable bonds is 4. The summed E-state index contributed by atoms with van der Waals surface area (Å²) >= 11 is 0. The molecule has 4 aliphatic carbocycles. The minimum atomic E-state index is -0.777. The molecule has 37 heavy (non-hydrogen) atoms. The van der Waals surface area contributed by atoms with E-state index in [9.17, 15) is 10.2 Å².